The first kappa shape index (κ1) is 16.6. The van der Waals surface area contributed by atoms with Gasteiger partial charge in [0.25, 0.3) is 0 Å². The van der Waals surface area contributed by atoms with Crippen molar-refractivity contribution in [2.75, 3.05) is 12.0 Å². The SMILES string of the molecule is CS(=O)CCC(=O)OC1CCCCC1OC(C)(C)C. The standard InChI is InChI=1S/C14H26O4S/c1-14(2,3)18-12-8-6-5-7-11(12)17-13(15)9-10-19(4)16/h11-12H,5-10H2,1-4H3. The first-order valence-electron chi connectivity index (χ1n) is 6.95. The minimum absolute atomic E-state index is 0.00942. The third-order valence-corrected chi connectivity index (χ3v) is 3.80. The Bertz CT molecular complexity index is 322. The topological polar surface area (TPSA) is 52.6 Å². The van der Waals surface area contributed by atoms with Crippen LogP contribution in [0.4, 0.5) is 0 Å². The second-order valence-corrected chi connectivity index (χ2v) is 7.66. The van der Waals surface area contributed by atoms with E-state index >= 15 is 0 Å². The summed E-state index contributed by atoms with van der Waals surface area (Å²) in [5, 5.41) is 0. The largest absolute Gasteiger partial charge is 0.460 e. The zero-order valence-corrected chi connectivity index (χ0v) is 13.3. The molecular formula is C14H26O4S. The molecule has 0 amide bonds. The minimum atomic E-state index is -0.949. The number of hydrogen-bond acceptors (Lipinski definition) is 4. The molecule has 19 heavy (non-hydrogen) atoms. The summed E-state index contributed by atoms with van der Waals surface area (Å²) in [5.41, 5.74) is -0.225. The van der Waals surface area contributed by atoms with Crippen LogP contribution in [0.1, 0.15) is 52.9 Å². The Morgan fingerprint density at radius 1 is 1.21 bits per heavy atom. The van der Waals surface area contributed by atoms with E-state index in [9.17, 15) is 9.00 Å². The summed E-state index contributed by atoms with van der Waals surface area (Å²) in [5.74, 6) is 0.112. The molecule has 112 valence electrons. The lowest BCUT2D eigenvalue weighted by atomic mass is 9.94. The fraction of sp³-hybridized carbons (Fsp3) is 0.929. The van der Waals surface area contributed by atoms with Crippen molar-refractivity contribution in [2.45, 2.75) is 70.7 Å². The molecule has 0 aromatic rings. The monoisotopic (exact) mass is 290 g/mol. The summed E-state index contributed by atoms with van der Waals surface area (Å²) in [6.45, 7) is 6.04. The predicted octanol–water partition coefficient (Wildman–Crippen LogP) is 2.42. The molecule has 0 aliphatic heterocycles. The quantitative estimate of drug-likeness (QED) is 0.730. The van der Waals surface area contributed by atoms with E-state index < -0.39 is 10.8 Å². The molecule has 0 aromatic carbocycles. The van der Waals surface area contributed by atoms with Gasteiger partial charge in [-0.15, -0.1) is 0 Å². The summed E-state index contributed by atoms with van der Waals surface area (Å²) in [6.07, 6.45) is 5.66. The second-order valence-electron chi connectivity index (χ2n) is 6.11. The second kappa shape index (κ2) is 7.39. The van der Waals surface area contributed by atoms with E-state index in [0.29, 0.717) is 5.75 Å². The lowest BCUT2D eigenvalue weighted by molar-refractivity contribution is -0.171. The highest BCUT2D eigenvalue weighted by atomic mass is 32.2. The zero-order valence-electron chi connectivity index (χ0n) is 12.4. The number of carbonyl (C=O) groups excluding carboxylic acids is 1. The Morgan fingerprint density at radius 2 is 1.79 bits per heavy atom. The van der Waals surface area contributed by atoms with Crippen molar-refractivity contribution in [1.29, 1.82) is 0 Å². The summed E-state index contributed by atoms with van der Waals surface area (Å²) in [6, 6.07) is 0. The average Bonchev–Trinajstić information content (AvgIpc) is 2.27. The summed E-state index contributed by atoms with van der Waals surface area (Å²) < 4.78 is 22.5. The van der Waals surface area contributed by atoms with Crippen LogP contribution in [-0.4, -0.2) is 40.0 Å². The highest BCUT2D eigenvalue weighted by Crippen LogP contribution is 2.27. The first-order chi connectivity index (χ1) is 8.78. The molecule has 4 nitrogen and oxygen atoms in total. The van der Waals surface area contributed by atoms with Gasteiger partial charge in [0.15, 0.2) is 0 Å². The van der Waals surface area contributed by atoms with E-state index in [1.807, 2.05) is 20.8 Å². The van der Waals surface area contributed by atoms with Crippen LogP contribution in [-0.2, 0) is 25.1 Å². The normalized spacial score (nSPS) is 25.9. The van der Waals surface area contributed by atoms with Crippen LogP contribution in [0.25, 0.3) is 0 Å². The van der Waals surface area contributed by atoms with Gasteiger partial charge in [-0.3, -0.25) is 9.00 Å². The summed E-state index contributed by atoms with van der Waals surface area (Å²) >= 11 is 0. The molecule has 3 atom stereocenters. The van der Waals surface area contributed by atoms with Crippen LogP contribution in [0.3, 0.4) is 0 Å². The predicted molar refractivity (Wildman–Crippen MR) is 76.5 cm³/mol. The molecule has 0 aromatic heterocycles. The molecule has 0 N–H and O–H groups in total. The van der Waals surface area contributed by atoms with Gasteiger partial charge in [-0.2, -0.15) is 0 Å². The van der Waals surface area contributed by atoms with Gasteiger partial charge in [0.05, 0.1) is 18.1 Å². The molecule has 0 saturated heterocycles. The van der Waals surface area contributed by atoms with Gasteiger partial charge < -0.3 is 9.47 Å². The molecule has 0 radical (unpaired) electrons. The smallest absolute Gasteiger partial charge is 0.307 e. The van der Waals surface area contributed by atoms with E-state index in [2.05, 4.69) is 0 Å². The van der Waals surface area contributed by atoms with Crippen molar-refractivity contribution in [2.24, 2.45) is 0 Å². The van der Waals surface area contributed by atoms with Crippen LogP contribution in [0.5, 0.6) is 0 Å². The van der Waals surface area contributed by atoms with Crippen molar-refractivity contribution in [3.63, 3.8) is 0 Å². The van der Waals surface area contributed by atoms with Crippen LogP contribution in [0.2, 0.25) is 0 Å². The van der Waals surface area contributed by atoms with Gasteiger partial charge >= 0.3 is 5.97 Å². The highest BCUT2D eigenvalue weighted by molar-refractivity contribution is 7.84. The summed E-state index contributed by atoms with van der Waals surface area (Å²) in [7, 11) is -0.949. The lowest BCUT2D eigenvalue weighted by Gasteiger charge is -2.35. The van der Waals surface area contributed by atoms with Crippen molar-refractivity contribution >= 4 is 16.8 Å². The molecule has 0 spiro atoms. The maximum Gasteiger partial charge on any atom is 0.307 e. The highest BCUT2D eigenvalue weighted by Gasteiger charge is 2.32. The maximum atomic E-state index is 11.7. The number of carbonyl (C=O) groups is 1. The zero-order chi connectivity index (χ0) is 14.5. The lowest BCUT2D eigenvalue weighted by Crippen LogP contribution is -2.41. The molecule has 1 rings (SSSR count). The minimum Gasteiger partial charge on any atom is -0.460 e. The molecule has 1 aliphatic rings. The third kappa shape index (κ3) is 7.06. The molecule has 3 unspecified atom stereocenters. The van der Waals surface area contributed by atoms with E-state index in [4.69, 9.17) is 9.47 Å². The Balaban J connectivity index is 2.48. The number of rotatable bonds is 5. The van der Waals surface area contributed by atoms with E-state index in [1.165, 1.54) is 0 Å². The van der Waals surface area contributed by atoms with E-state index in [0.717, 1.165) is 25.7 Å². The van der Waals surface area contributed by atoms with E-state index in [1.54, 1.807) is 6.26 Å². The van der Waals surface area contributed by atoms with Gasteiger partial charge in [0.1, 0.15) is 6.10 Å². The Hall–Kier alpha value is -0.420. The molecule has 0 heterocycles. The molecule has 1 aliphatic carbocycles. The first-order valence-corrected chi connectivity index (χ1v) is 8.68. The van der Waals surface area contributed by atoms with Crippen molar-refractivity contribution in [3.05, 3.63) is 0 Å². The molecule has 5 heteroatoms. The molecule has 1 fully saturated rings. The molecule has 1 saturated carbocycles. The van der Waals surface area contributed by atoms with Gasteiger partial charge in [0.2, 0.25) is 0 Å². The van der Waals surface area contributed by atoms with Gasteiger partial charge in [-0.05, 0) is 40.0 Å². The number of esters is 1. The Labute approximate surface area is 118 Å². The molecule has 0 bridgehead atoms. The molecular weight excluding hydrogens is 264 g/mol. The van der Waals surface area contributed by atoms with Gasteiger partial charge in [-0.1, -0.05) is 6.42 Å². The average molecular weight is 290 g/mol. The van der Waals surface area contributed by atoms with Crippen LogP contribution >= 0.6 is 0 Å². The fourth-order valence-corrected chi connectivity index (χ4v) is 2.70. The van der Waals surface area contributed by atoms with Gasteiger partial charge in [0, 0.05) is 22.8 Å². The third-order valence-electron chi connectivity index (χ3n) is 3.02. The number of hydrogen-bond donors (Lipinski definition) is 0. The van der Waals surface area contributed by atoms with Gasteiger partial charge in [-0.25, -0.2) is 0 Å². The van der Waals surface area contributed by atoms with Crippen LogP contribution < -0.4 is 0 Å². The van der Waals surface area contributed by atoms with Crippen molar-refractivity contribution in [3.8, 4) is 0 Å². The van der Waals surface area contributed by atoms with Crippen molar-refractivity contribution in [1.82, 2.24) is 0 Å². The van der Waals surface area contributed by atoms with Crippen molar-refractivity contribution < 1.29 is 18.5 Å². The Kier molecular flexibility index (Phi) is 6.47. The maximum absolute atomic E-state index is 11.7. The fourth-order valence-electron chi connectivity index (χ4n) is 2.24. The summed E-state index contributed by atoms with van der Waals surface area (Å²) in [4.78, 5) is 11.7. The number of ether oxygens (including phenoxy) is 2. The Morgan fingerprint density at radius 3 is 2.32 bits per heavy atom. The van der Waals surface area contributed by atoms with Crippen LogP contribution in [0.15, 0.2) is 0 Å². The van der Waals surface area contributed by atoms with E-state index in [-0.39, 0.29) is 30.2 Å². The van der Waals surface area contributed by atoms with Crippen LogP contribution in [0, 0.1) is 0 Å².